The predicted octanol–water partition coefficient (Wildman–Crippen LogP) is 6.07. The summed E-state index contributed by atoms with van der Waals surface area (Å²) in [5.41, 5.74) is 0.461. The summed E-state index contributed by atoms with van der Waals surface area (Å²) in [6.45, 7) is 3.54. The summed E-state index contributed by atoms with van der Waals surface area (Å²) in [4.78, 5) is 12.7. The molecule has 0 unspecified atom stereocenters. The minimum Gasteiger partial charge on any atom is -0.316 e. The molecule has 1 saturated carbocycles. The monoisotopic (exact) mass is 416 g/mol. The number of nitriles is 1. The molecule has 2 aliphatic carbocycles. The molecule has 0 radical (unpaired) electrons. The van der Waals surface area contributed by atoms with Gasteiger partial charge in [-0.15, -0.1) is 11.3 Å². The van der Waals surface area contributed by atoms with Gasteiger partial charge in [0.15, 0.2) is 0 Å². The van der Waals surface area contributed by atoms with E-state index in [2.05, 4.69) is 11.4 Å². The molecule has 0 spiro atoms. The molecule has 1 fully saturated rings. The van der Waals surface area contributed by atoms with Crippen LogP contribution in [0.25, 0.3) is 10.4 Å². The molecule has 2 aliphatic rings. The smallest absolute Gasteiger partial charge is 0.316 e. The predicted molar refractivity (Wildman–Crippen MR) is 106 cm³/mol. The Hall–Kier alpha value is -2.59. The number of allylic oxidation sites excluding steroid dienone is 2. The first-order valence-electron chi connectivity index (χ1n) is 9.40. The van der Waals surface area contributed by atoms with Gasteiger partial charge in [-0.2, -0.15) is 18.4 Å². The zero-order valence-electron chi connectivity index (χ0n) is 15.9. The maximum absolute atomic E-state index is 13.9. The largest absolute Gasteiger partial charge is 0.419 e. The average Bonchev–Trinajstić information content (AvgIpc) is 3.36. The molecule has 0 aliphatic heterocycles. The van der Waals surface area contributed by atoms with Crippen LogP contribution in [0.2, 0.25) is 0 Å². The van der Waals surface area contributed by atoms with Crippen LogP contribution in [0.4, 0.5) is 18.2 Å². The molecule has 1 N–H and O–H groups in total. The molecule has 150 valence electrons. The number of hydrogen-bond donors (Lipinski definition) is 1. The van der Waals surface area contributed by atoms with Crippen molar-refractivity contribution in [2.75, 3.05) is 5.32 Å². The number of nitrogens with zero attached hydrogens (tertiary/aromatic N) is 1. The van der Waals surface area contributed by atoms with Crippen LogP contribution in [0, 0.1) is 42.9 Å². The third kappa shape index (κ3) is 3.46. The fraction of sp³-hybridized carbons (Fsp3) is 0.364. The third-order valence-electron chi connectivity index (χ3n) is 5.79. The van der Waals surface area contributed by atoms with Crippen LogP contribution < -0.4 is 5.32 Å². The number of alkyl halides is 3. The first-order valence-corrected chi connectivity index (χ1v) is 10.2. The molecular formula is C22H19F3N2OS. The molecule has 3 nitrogen and oxygen atoms in total. The van der Waals surface area contributed by atoms with Crippen molar-refractivity contribution in [3.8, 4) is 16.5 Å². The van der Waals surface area contributed by atoms with E-state index in [0.717, 1.165) is 23.3 Å². The van der Waals surface area contributed by atoms with Gasteiger partial charge in [0.25, 0.3) is 0 Å². The number of rotatable bonds is 3. The molecule has 29 heavy (non-hydrogen) atoms. The number of thiophene rings is 1. The maximum Gasteiger partial charge on any atom is 0.419 e. The number of aryl methyl sites for hydroxylation is 2. The van der Waals surface area contributed by atoms with E-state index in [0.29, 0.717) is 23.5 Å². The number of halogens is 3. The van der Waals surface area contributed by atoms with Crippen molar-refractivity contribution in [1.82, 2.24) is 0 Å². The van der Waals surface area contributed by atoms with Crippen molar-refractivity contribution in [3.63, 3.8) is 0 Å². The molecule has 1 heterocycles. The molecular weight excluding hydrogens is 397 g/mol. The van der Waals surface area contributed by atoms with Crippen molar-refractivity contribution in [3.05, 3.63) is 52.6 Å². The van der Waals surface area contributed by atoms with E-state index in [1.165, 1.54) is 0 Å². The van der Waals surface area contributed by atoms with E-state index in [9.17, 15) is 23.2 Å². The lowest BCUT2D eigenvalue weighted by Crippen LogP contribution is -2.25. The lowest BCUT2D eigenvalue weighted by Gasteiger charge is -2.17. The Balaban J connectivity index is 1.78. The maximum atomic E-state index is 13.9. The number of amides is 1. The number of carbonyl (C=O) groups is 1. The van der Waals surface area contributed by atoms with Gasteiger partial charge in [-0.05, 0) is 49.7 Å². The van der Waals surface area contributed by atoms with Gasteiger partial charge >= 0.3 is 6.18 Å². The van der Waals surface area contributed by atoms with Gasteiger partial charge in [-0.1, -0.05) is 35.9 Å². The van der Waals surface area contributed by atoms with Gasteiger partial charge < -0.3 is 5.32 Å². The van der Waals surface area contributed by atoms with Crippen molar-refractivity contribution in [1.29, 1.82) is 5.26 Å². The Kier molecular flexibility index (Phi) is 4.78. The van der Waals surface area contributed by atoms with Crippen LogP contribution in [-0.4, -0.2) is 5.91 Å². The van der Waals surface area contributed by atoms with E-state index in [-0.39, 0.29) is 27.6 Å². The van der Waals surface area contributed by atoms with Gasteiger partial charge in [0, 0.05) is 5.92 Å². The van der Waals surface area contributed by atoms with Gasteiger partial charge in [0.05, 0.1) is 16.0 Å². The second-order valence-electron chi connectivity index (χ2n) is 7.81. The first kappa shape index (κ1) is 19.7. The highest BCUT2D eigenvalue weighted by Gasteiger charge is 2.43. The van der Waals surface area contributed by atoms with Crippen LogP contribution in [0.5, 0.6) is 0 Å². The van der Waals surface area contributed by atoms with Crippen molar-refractivity contribution < 1.29 is 18.0 Å². The van der Waals surface area contributed by atoms with E-state index in [1.54, 1.807) is 32.0 Å². The van der Waals surface area contributed by atoms with E-state index in [1.807, 2.05) is 12.1 Å². The normalized spacial score (nSPS) is 22.7. The first-order chi connectivity index (χ1) is 13.7. The van der Waals surface area contributed by atoms with Gasteiger partial charge in [0.2, 0.25) is 5.91 Å². The summed E-state index contributed by atoms with van der Waals surface area (Å²) in [5.74, 6) is -0.0604. The molecule has 3 atom stereocenters. The summed E-state index contributed by atoms with van der Waals surface area (Å²) in [7, 11) is 0. The Labute approximate surface area is 170 Å². The number of anilines is 1. The topological polar surface area (TPSA) is 52.9 Å². The van der Waals surface area contributed by atoms with Crippen LogP contribution in [-0.2, 0) is 11.0 Å². The summed E-state index contributed by atoms with van der Waals surface area (Å²) < 4.78 is 41.8. The van der Waals surface area contributed by atoms with Gasteiger partial charge in [0.1, 0.15) is 11.1 Å². The number of benzene rings is 1. The SMILES string of the molecule is Cc1ccc(C)c(-c2sc(NC(=O)[C@H]3C[C@H]4C=C[C@@H]3C4)c(C#N)c2C(F)(F)F)c1. The highest BCUT2D eigenvalue weighted by Crippen LogP contribution is 2.49. The molecule has 1 aromatic heterocycles. The van der Waals surface area contributed by atoms with Crippen molar-refractivity contribution in [2.45, 2.75) is 32.9 Å². The van der Waals surface area contributed by atoms with Crippen LogP contribution >= 0.6 is 11.3 Å². The minimum absolute atomic E-state index is 0.0208. The Morgan fingerprint density at radius 1 is 1.24 bits per heavy atom. The van der Waals surface area contributed by atoms with E-state index >= 15 is 0 Å². The molecule has 2 aromatic rings. The Morgan fingerprint density at radius 2 is 2.00 bits per heavy atom. The zero-order valence-corrected chi connectivity index (χ0v) is 16.7. The summed E-state index contributed by atoms with van der Waals surface area (Å²) >= 11 is 0.828. The quantitative estimate of drug-likeness (QED) is 0.617. The van der Waals surface area contributed by atoms with Crippen LogP contribution in [0.1, 0.15) is 35.1 Å². The summed E-state index contributed by atoms with van der Waals surface area (Å²) in [6, 6.07) is 6.96. The van der Waals surface area contributed by atoms with E-state index < -0.39 is 17.3 Å². The molecule has 2 bridgehead atoms. The van der Waals surface area contributed by atoms with Gasteiger partial charge in [-0.3, -0.25) is 4.79 Å². The Morgan fingerprint density at radius 3 is 2.59 bits per heavy atom. The molecule has 4 rings (SSSR count). The van der Waals surface area contributed by atoms with Crippen molar-refractivity contribution >= 4 is 22.2 Å². The standard InChI is InChI=1S/C22H19F3N2OS/c1-11-3-4-12(2)15(7-11)19-18(22(23,24)25)17(10-26)21(29-19)27-20(28)16-9-13-5-6-14(16)8-13/h3-7,13-14,16H,8-9H2,1-2H3,(H,27,28)/t13-,14+,16-/m0/s1. The second kappa shape index (κ2) is 7.03. The lowest BCUT2D eigenvalue weighted by atomic mass is 9.93. The van der Waals surface area contributed by atoms with Crippen LogP contribution in [0.3, 0.4) is 0 Å². The fourth-order valence-electron chi connectivity index (χ4n) is 4.35. The lowest BCUT2D eigenvalue weighted by molar-refractivity contribution is -0.137. The molecule has 1 amide bonds. The van der Waals surface area contributed by atoms with Gasteiger partial charge in [-0.25, -0.2) is 0 Å². The Bertz CT molecular complexity index is 1060. The number of fused-ring (bicyclic) bond motifs is 2. The summed E-state index contributed by atoms with van der Waals surface area (Å²) in [5, 5.41) is 12.2. The molecule has 1 aromatic carbocycles. The van der Waals surface area contributed by atoms with Crippen LogP contribution in [0.15, 0.2) is 30.4 Å². The highest BCUT2D eigenvalue weighted by molar-refractivity contribution is 7.20. The van der Waals surface area contributed by atoms with E-state index in [4.69, 9.17) is 0 Å². The molecule has 7 heteroatoms. The third-order valence-corrected chi connectivity index (χ3v) is 6.93. The minimum atomic E-state index is -4.70. The highest BCUT2D eigenvalue weighted by atomic mass is 32.1. The summed E-state index contributed by atoms with van der Waals surface area (Å²) in [6.07, 6.45) is 1.03. The number of hydrogen-bond acceptors (Lipinski definition) is 3. The number of carbonyl (C=O) groups excluding carboxylic acids is 1. The average molecular weight is 416 g/mol. The molecule has 0 saturated heterocycles. The second-order valence-corrected chi connectivity index (χ2v) is 8.83. The zero-order chi connectivity index (χ0) is 20.9. The fourth-order valence-corrected chi connectivity index (χ4v) is 5.61. The number of nitrogens with one attached hydrogen (secondary N) is 1. The van der Waals surface area contributed by atoms with Crippen molar-refractivity contribution in [2.24, 2.45) is 17.8 Å².